The summed E-state index contributed by atoms with van der Waals surface area (Å²) in [6.45, 7) is 5.48. The van der Waals surface area contributed by atoms with Crippen LogP contribution in [-0.4, -0.2) is 18.2 Å². The molecule has 1 fully saturated rings. The molecule has 0 heterocycles. The summed E-state index contributed by atoms with van der Waals surface area (Å²) in [5.41, 5.74) is 1.30. The van der Waals surface area contributed by atoms with E-state index in [0.717, 1.165) is 19.0 Å². The van der Waals surface area contributed by atoms with Crippen molar-refractivity contribution in [3.8, 4) is 0 Å². The number of rotatable bonds is 5. The van der Waals surface area contributed by atoms with E-state index in [1.165, 1.54) is 25.3 Å². The number of hydrogen-bond donors (Lipinski definition) is 1. The summed E-state index contributed by atoms with van der Waals surface area (Å²) in [7, 11) is 0. The molecule has 18 heavy (non-hydrogen) atoms. The van der Waals surface area contributed by atoms with Gasteiger partial charge < -0.3 is 10.0 Å². The normalized spacial score (nSPS) is 17.3. The van der Waals surface area contributed by atoms with E-state index in [2.05, 4.69) is 11.8 Å². The molecule has 0 amide bonds. The molecule has 1 aromatic carbocycles. The Labute approximate surface area is 108 Å². The Morgan fingerprint density at radius 1 is 1.44 bits per heavy atom. The first kappa shape index (κ1) is 13.3. The Morgan fingerprint density at radius 2 is 2.17 bits per heavy atom. The third kappa shape index (κ3) is 2.83. The van der Waals surface area contributed by atoms with Crippen LogP contribution in [0, 0.1) is 11.7 Å². The molecule has 1 aliphatic carbocycles. The van der Waals surface area contributed by atoms with Crippen molar-refractivity contribution < 1.29 is 9.50 Å². The average molecular weight is 251 g/mol. The van der Waals surface area contributed by atoms with Crippen LogP contribution in [0.1, 0.15) is 44.8 Å². The fourth-order valence-electron chi connectivity index (χ4n) is 2.42. The molecular formula is C15H22FNO. The number of nitrogens with zero attached hydrogens (tertiary/aromatic N) is 1. The van der Waals surface area contributed by atoms with Gasteiger partial charge in [-0.1, -0.05) is 12.5 Å². The van der Waals surface area contributed by atoms with Gasteiger partial charge in [0.05, 0.1) is 11.8 Å². The molecule has 1 N–H and O–H groups in total. The van der Waals surface area contributed by atoms with Gasteiger partial charge in [-0.2, -0.15) is 0 Å². The number of benzene rings is 1. The van der Waals surface area contributed by atoms with E-state index in [-0.39, 0.29) is 5.82 Å². The van der Waals surface area contributed by atoms with E-state index in [9.17, 15) is 9.50 Å². The number of aliphatic hydroxyl groups is 1. The van der Waals surface area contributed by atoms with Crippen molar-refractivity contribution in [1.82, 2.24) is 0 Å². The lowest BCUT2D eigenvalue weighted by Crippen LogP contribution is -2.33. The average Bonchev–Trinajstić information content (AvgIpc) is 2.29. The Bertz CT molecular complexity index is 401. The third-order valence-corrected chi connectivity index (χ3v) is 3.88. The zero-order chi connectivity index (χ0) is 13.1. The van der Waals surface area contributed by atoms with Gasteiger partial charge in [-0.3, -0.25) is 0 Å². The number of halogens is 1. The molecule has 0 unspecified atom stereocenters. The highest BCUT2D eigenvalue weighted by Crippen LogP contribution is 2.30. The second-order valence-corrected chi connectivity index (χ2v) is 5.22. The van der Waals surface area contributed by atoms with Crippen molar-refractivity contribution in [2.75, 3.05) is 18.0 Å². The minimum Gasteiger partial charge on any atom is -0.389 e. The van der Waals surface area contributed by atoms with E-state index < -0.39 is 6.10 Å². The van der Waals surface area contributed by atoms with Gasteiger partial charge in [0, 0.05) is 13.1 Å². The van der Waals surface area contributed by atoms with Crippen LogP contribution in [0.3, 0.4) is 0 Å². The van der Waals surface area contributed by atoms with Gasteiger partial charge in [0.25, 0.3) is 0 Å². The molecule has 0 saturated heterocycles. The van der Waals surface area contributed by atoms with Crippen LogP contribution in [0.25, 0.3) is 0 Å². The van der Waals surface area contributed by atoms with Crippen molar-refractivity contribution in [3.05, 3.63) is 29.6 Å². The zero-order valence-electron chi connectivity index (χ0n) is 11.2. The van der Waals surface area contributed by atoms with Gasteiger partial charge in [-0.25, -0.2) is 4.39 Å². The van der Waals surface area contributed by atoms with E-state index in [0.29, 0.717) is 11.3 Å². The summed E-state index contributed by atoms with van der Waals surface area (Å²) in [6.07, 6.45) is 3.23. The van der Waals surface area contributed by atoms with Gasteiger partial charge in [0.2, 0.25) is 0 Å². The summed E-state index contributed by atoms with van der Waals surface area (Å²) < 4.78 is 14.1. The summed E-state index contributed by atoms with van der Waals surface area (Å²) in [6, 6.07) is 5.05. The molecule has 0 aromatic heterocycles. The van der Waals surface area contributed by atoms with Crippen LogP contribution >= 0.6 is 0 Å². The van der Waals surface area contributed by atoms with Crippen molar-refractivity contribution in [2.45, 2.75) is 39.2 Å². The third-order valence-electron chi connectivity index (χ3n) is 3.88. The SMILES string of the molecule is CCN(CC1CCC1)c1ccc([C@@H](C)O)cc1F. The first-order valence-corrected chi connectivity index (χ1v) is 6.84. The summed E-state index contributed by atoms with van der Waals surface area (Å²) in [5.74, 6) is 0.496. The highest BCUT2D eigenvalue weighted by Gasteiger charge is 2.21. The van der Waals surface area contributed by atoms with Crippen LogP contribution in [0.2, 0.25) is 0 Å². The lowest BCUT2D eigenvalue weighted by Gasteiger charge is -2.33. The van der Waals surface area contributed by atoms with E-state index in [1.807, 2.05) is 6.07 Å². The fourth-order valence-corrected chi connectivity index (χ4v) is 2.42. The molecule has 0 radical (unpaired) electrons. The lowest BCUT2D eigenvalue weighted by molar-refractivity contribution is 0.199. The van der Waals surface area contributed by atoms with Gasteiger partial charge in [0.1, 0.15) is 5.82 Å². The van der Waals surface area contributed by atoms with E-state index in [1.54, 1.807) is 13.0 Å². The molecule has 1 aromatic rings. The lowest BCUT2D eigenvalue weighted by atomic mass is 9.85. The molecule has 1 atom stereocenters. The fraction of sp³-hybridized carbons (Fsp3) is 0.600. The number of aliphatic hydroxyl groups excluding tert-OH is 1. The first-order chi connectivity index (χ1) is 8.61. The monoisotopic (exact) mass is 251 g/mol. The standard InChI is InChI=1S/C15H22FNO/c1-3-17(10-12-5-4-6-12)15-8-7-13(11(2)18)9-14(15)16/h7-9,11-12,18H,3-6,10H2,1-2H3/t11-/m1/s1. The molecule has 2 nitrogen and oxygen atoms in total. The van der Waals surface area contributed by atoms with Crippen LogP contribution < -0.4 is 4.90 Å². The van der Waals surface area contributed by atoms with Gasteiger partial charge in [-0.15, -0.1) is 0 Å². The number of anilines is 1. The molecule has 1 saturated carbocycles. The number of hydrogen-bond acceptors (Lipinski definition) is 2. The second-order valence-electron chi connectivity index (χ2n) is 5.22. The molecule has 100 valence electrons. The molecular weight excluding hydrogens is 229 g/mol. The van der Waals surface area contributed by atoms with Crippen molar-refractivity contribution >= 4 is 5.69 Å². The summed E-state index contributed by atoms with van der Waals surface area (Å²) >= 11 is 0. The topological polar surface area (TPSA) is 23.5 Å². The Hall–Kier alpha value is -1.09. The molecule has 0 aliphatic heterocycles. The van der Waals surface area contributed by atoms with Gasteiger partial charge >= 0.3 is 0 Å². The highest BCUT2D eigenvalue weighted by molar-refractivity contribution is 5.49. The van der Waals surface area contributed by atoms with Crippen LogP contribution in [0.4, 0.5) is 10.1 Å². The van der Waals surface area contributed by atoms with Crippen LogP contribution in [-0.2, 0) is 0 Å². The van der Waals surface area contributed by atoms with Gasteiger partial charge in [0.15, 0.2) is 0 Å². The first-order valence-electron chi connectivity index (χ1n) is 6.84. The van der Waals surface area contributed by atoms with Crippen molar-refractivity contribution in [1.29, 1.82) is 0 Å². The predicted octanol–water partition coefficient (Wildman–Crippen LogP) is 3.51. The maximum absolute atomic E-state index is 14.1. The largest absolute Gasteiger partial charge is 0.389 e. The predicted molar refractivity (Wildman–Crippen MR) is 72.3 cm³/mol. The second kappa shape index (κ2) is 5.70. The van der Waals surface area contributed by atoms with E-state index in [4.69, 9.17) is 0 Å². The smallest absolute Gasteiger partial charge is 0.146 e. The van der Waals surface area contributed by atoms with Crippen LogP contribution in [0.5, 0.6) is 0 Å². The highest BCUT2D eigenvalue weighted by atomic mass is 19.1. The van der Waals surface area contributed by atoms with Gasteiger partial charge in [-0.05, 0) is 50.3 Å². The molecule has 1 aliphatic rings. The molecule has 3 heteroatoms. The Morgan fingerprint density at radius 3 is 2.61 bits per heavy atom. The summed E-state index contributed by atoms with van der Waals surface area (Å²) in [5, 5.41) is 9.45. The Kier molecular flexibility index (Phi) is 4.23. The minimum absolute atomic E-state index is 0.227. The molecule has 2 rings (SSSR count). The summed E-state index contributed by atoms with van der Waals surface area (Å²) in [4.78, 5) is 2.10. The van der Waals surface area contributed by atoms with E-state index >= 15 is 0 Å². The Balaban J connectivity index is 2.14. The van der Waals surface area contributed by atoms with Crippen molar-refractivity contribution in [2.24, 2.45) is 5.92 Å². The maximum Gasteiger partial charge on any atom is 0.146 e. The zero-order valence-corrected chi connectivity index (χ0v) is 11.2. The van der Waals surface area contributed by atoms with Crippen LogP contribution in [0.15, 0.2) is 18.2 Å². The minimum atomic E-state index is -0.616. The molecule has 0 spiro atoms. The quantitative estimate of drug-likeness (QED) is 0.865. The van der Waals surface area contributed by atoms with Crippen molar-refractivity contribution in [3.63, 3.8) is 0 Å². The maximum atomic E-state index is 14.1. The molecule has 0 bridgehead atoms.